The van der Waals surface area contributed by atoms with Crippen molar-refractivity contribution >= 4 is 5.91 Å². The molecule has 0 saturated carbocycles. The van der Waals surface area contributed by atoms with Gasteiger partial charge in [0.15, 0.2) is 0 Å². The monoisotopic (exact) mass is 485 g/mol. The van der Waals surface area contributed by atoms with E-state index in [0.717, 1.165) is 43.6 Å². The van der Waals surface area contributed by atoms with E-state index in [1.165, 1.54) is 0 Å². The smallest absolute Gasteiger partial charge is 0.350 e. The summed E-state index contributed by atoms with van der Waals surface area (Å²) in [6.07, 6.45) is -7.59. The van der Waals surface area contributed by atoms with Crippen molar-refractivity contribution in [2.45, 2.75) is 44.3 Å². The van der Waals surface area contributed by atoms with Crippen LogP contribution in [0.25, 0.3) is 0 Å². The molecule has 0 aromatic heterocycles. The molecule has 4 nitrogen and oxygen atoms in total. The minimum atomic E-state index is -4.93. The fraction of sp³-hybridized carbons (Fsp3) is 0.458. The lowest BCUT2D eigenvalue weighted by Gasteiger charge is -2.26. The first-order valence-corrected chi connectivity index (χ1v) is 11.1. The predicted octanol–water partition coefficient (Wildman–Crippen LogP) is 4.99. The zero-order valence-corrected chi connectivity index (χ0v) is 18.3. The van der Waals surface area contributed by atoms with E-state index in [4.69, 9.17) is 0 Å². The molecule has 2 aromatic rings. The molecule has 0 aliphatic carbocycles. The van der Waals surface area contributed by atoms with Gasteiger partial charge in [0.2, 0.25) is 5.91 Å². The number of carbonyl (C=O) groups excluding carboxylic acids is 1. The maximum atomic E-state index is 13.1. The van der Waals surface area contributed by atoms with E-state index < -0.39 is 42.0 Å². The molecule has 10 heteroatoms. The zero-order valence-electron chi connectivity index (χ0n) is 18.3. The normalized spacial score (nSPS) is 19.4. The minimum absolute atomic E-state index is 0.0820. The molecule has 2 aromatic carbocycles. The average Bonchev–Trinajstić information content (AvgIpc) is 3.42. The van der Waals surface area contributed by atoms with Crippen LogP contribution in [0.4, 0.5) is 26.3 Å². The standard InChI is InChI=1S/C24H25F6N3O/c25-23(26,27)18-11-16(12-19(13-18)24(28,29)30)14-31-22(34)21-20-6-2-1-5-17(20)15-33(21)10-9-32-7-3-4-8-32/h1-2,5-6,11-13,21H,3-4,7-10,14-15H2,(H,31,34). The van der Waals surface area contributed by atoms with E-state index in [0.29, 0.717) is 25.2 Å². The van der Waals surface area contributed by atoms with E-state index in [1.807, 2.05) is 29.2 Å². The number of halogens is 6. The largest absolute Gasteiger partial charge is 0.416 e. The Morgan fingerprint density at radius 2 is 1.53 bits per heavy atom. The molecular formula is C24H25F6N3O. The Kier molecular flexibility index (Phi) is 6.91. The van der Waals surface area contributed by atoms with Crippen LogP contribution in [0.2, 0.25) is 0 Å². The molecule has 1 N–H and O–H groups in total. The first kappa shape index (κ1) is 24.5. The third kappa shape index (κ3) is 5.55. The number of nitrogens with zero attached hydrogens (tertiary/aromatic N) is 2. The Labute approximate surface area is 193 Å². The van der Waals surface area contributed by atoms with Crippen molar-refractivity contribution in [2.75, 3.05) is 26.2 Å². The molecule has 1 atom stereocenters. The Morgan fingerprint density at radius 1 is 0.912 bits per heavy atom. The van der Waals surface area contributed by atoms with E-state index in [9.17, 15) is 31.1 Å². The Morgan fingerprint density at radius 3 is 2.15 bits per heavy atom. The average molecular weight is 485 g/mol. The first-order valence-electron chi connectivity index (χ1n) is 11.1. The van der Waals surface area contributed by atoms with Crippen LogP contribution >= 0.6 is 0 Å². The Balaban J connectivity index is 1.51. The van der Waals surface area contributed by atoms with Crippen LogP contribution < -0.4 is 5.32 Å². The molecule has 2 aliphatic heterocycles. The van der Waals surface area contributed by atoms with Crippen LogP contribution in [0.3, 0.4) is 0 Å². The number of likely N-dealkylation sites (tertiary alicyclic amines) is 1. The topological polar surface area (TPSA) is 35.6 Å². The van der Waals surface area contributed by atoms with Gasteiger partial charge in [0.25, 0.3) is 0 Å². The predicted molar refractivity (Wildman–Crippen MR) is 114 cm³/mol. The van der Waals surface area contributed by atoms with Gasteiger partial charge in [-0.15, -0.1) is 0 Å². The summed E-state index contributed by atoms with van der Waals surface area (Å²) in [5.74, 6) is -0.447. The number of nitrogens with one attached hydrogen (secondary N) is 1. The molecule has 1 fully saturated rings. The van der Waals surface area contributed by atoms with Gasteiger partial charge in [-0.3, -0.25) is 9.69 Å². The second kappa shape index (κ2) is 9.58. The van der Waals surface area contributed by atoms with E-state index in [1.54, 1.807) is 0 Å². The highest BCUT2D eigenvalue weighted by molar-refractivity contribution is 5.84. The maximum Gasteiger partial charge on any atom is 0.416 e. The number of amides is 1. The van der Waals surface area contributed by atoms with Crippen molar-refractivity contribution in [1.29, 1.82) is 0 Å². The lowest BCUT2D eigenvalue weighted by Crippen LogP contribution is -2.40. The minimum Gasteiger partial charge on any atom is -0.350 e. The first-order chi connectivity index (χ1) is 16.0. The molecule has 184 valence electrons. The summed E-state index contributed by atoms with van der Waals surface area (Å²) < 4.78 is 78.9. The van der Waals surface area contributed by atoms with Crippen LogP contribution in [0.1, 0.15) is 46.7 Å². The van der Waals surface area contributed by atoms with Crippen LogP contribution in [0.5, 0.6) is 0 Å². The van der Waals surface area contributed by atoms with Gasteiger partial charge in [0.05, 0.1) is 11.1 Å². The number of carbonyl (C=O) groups is 1. The highest BCUT2D eigenvalue weighted by Crippen LogP contribution is 2.37. The number of alkyl halides is 6. The molecule has 0 spiro atoms. The summed E-state index contributed by atoms with van der Waals surface area (Å²) in [5, 5.41) is 2.57. The quantitative estimate of drug-likeness (QED) is 0.586. The zero-order chi connectivity index (χ0) is 24.5. The van der Waals surface area contributed by atoms with Crippen LogP contribution in [-0.4, -0.2) is 41.9 Å². The molecule has 4 rings (SSSR count). The van der Waals surface area contributed by atoms with Gasteiger partial charge in [-0.1, -0.05) is 24.3 Å². The van der Waals surface area contributed by atoms with Crippen molar-refractivity contribution in [2.24, 2.45) is 0 Å². The van der Waals surface area contributed by atoms with Crippen molar-refractivity contribution < 1.29 is 31.1 Å². The number of hydrogen-bond acceptors (Lipinski definition) is 3. The molecule has 34 heavy (non-hydrogen) atoms. The fourth-order valence-corrected chi connectivity index (χ4v) is 4.65. The van der Waals surface area contributed by atoms with Crippen molar-refractivity contribution in [3.8, 4) is 0 Å². The van der Waals surface area contributed by atoms with Gasteiger partial charge in [0.1, 0.15) is 6.04 Å². The van der Waals surface area contributed by atoms with Crippen molar-refractivity contribution in [1.82, 2.24) is 15.1 Å². The molecule has 2 heterocycles. The molecule has 1 saturated heterocycles. The molecule has 0 radical (unpaired) electrons. The van der Waals surface area contributed by atoms with Gasteiger partial charge in [0, 0.05) is 26.2 Å². The lowest BCUT2D eigenvalue weighted by molar-refractivity contribution is -0.143. The van der Waals surface area contributed by atoms with E-state index in [-0.39, 0.29) is 11.6 Å². The van der Waals surface area contributed by atoms with Crippen molar-refractivity contribution in [3.05, 3.63) is 70.3 Å². The highest BCUT2D eigenvalue weighted by atomic mass is 19.4. The second-order valence-electron chi connectivity index (χ2n) is 8.75. The van der Waals surface area contributed by atoms with Crippen molar-refractivity contribution in [3.63, 3.8) is 0 Å². The third-order valence-electron chi connectivity index (χ3n) is 6.35. The summed E-state index contributed by atoms with van der Waals surface area (Å²) in [6, 6.07) is 8.16. The van der Waals surface area contributed by atoms with Crippen LogP contribution in [0, 0.1) is 0 Å². The number of fused-ring (bicyclic) bond motifs is 1. The van der Waals surface area contributed by atoms with Gasteiger partial charge < -0.3 is 10.2 Å². The summed E-state index contributed by atoms with van der Waals surface area (Å²) in [7, 11) is 0. The van der Waals surface area contributed by atoms with Gasteiger partial charge in [-0.2, -0.15) is 26.3 Å². The van der Waals surface area contributed by atoms with Gasteiger partial charge in [-0.05, 0) is 60.8 Å². The summed E-state index contributed by atoms with van der Waals surface area (Å²) >= 11 is 0. The molecule has 1 unspecified atom stereocenters. The number of hydrogen-bond donors (Lipinski definition) is 1. The third-order valence-corrected chi connectivity index (χ3v) is 6.35. The summed E-state index contributed by atoms with van der Waals surface area (Å²) in [5.41, 5.74) is -1.26. The van der Waals surface area contributed by atoms with E-state index >= 15 is 0 Å². The Bertz CT molecular complexity index is 998. The molecule has 2 aliphatic rings. The maximum absolute atomic E-state index is 13.1. The summed E-state index contributed by atoms with van der Waals surface area (Å²) in [6.45, 7) is 3.56. The van der Waals surface area contributed by atoms with Crippen LogP contribution in [0.15, 0.2) is 42.5 Å². The molecular weight excluding hydrogens is 460 g/mol. The second-order valence-corrected chi connectivity index (χ2v) is 8.75. The molecule has 1 amide bonds. The Hall–Kier alpha value is -2.59. The van der Waals surface area contributed by atoms with Crippen LogP contribution in [-0.2, 0) is 30.2 Å². The van der Waals surface area contributed by atoms with Gasteiger partial charge >= 0.3 is 12.4 Å². The summed E-state index contributed by atoms with van der Waals surface area (Å²) in [4.78, 5) is 17.5. The number of benzene rings is 2. The number of rotatable bonds is 6. The molecule has 0 bridgehead atoms. The van der Waals surface area contributed by atoms with E-state index in [2.05, 4.69) is 10.2 Å². The van der Waals surface area contributed by atoms with Gasteiger partial charge in [-0.25, -0.2) is 0 Å². The SMILES string of the molecule is O=C(NCc1cc(C(F)(F)F)cc(C(F)(F)F)c1)C1c2ccccc2CN1CCN1CCCC1. The lowest BCUT2D eigenvalue weighted by atomic mass is 10.0. The highest BCUT2D eigenvalue weighted by Gasteiger charge is 2.38. The fourth-order valence-electron chi connectivity index (χ4n) is 4.65.